The topological polar surface area (TPSA) is 144 Å². The Bertz CT molecular complexity index is 2520. The van der Waals surface area contributed by atoms with Crippen molar-refractivity contribution >= 4 is 23.8 Å². The monoisotopic (exact) mass is 846 g/mol. The van der Waals surface area contributed by atoms with Gasteiger partial charge in [-0.1, -0.05) is 90.0 Å². The Morgan fingerprint density at radius 3 is 1.86 bits per heavy atom. The fraction of sp³-hybridized carbons (Fsp3) is 0.220. The van der Waals surface area contributed by atoms with Gasteiger partial charge >= 0.3 is 0 Å². The first-order valence-electron chi connectivity index (χ1n) is 20.7. The zero-order chi connectivity index (χ0) is 44.1. The van der Waals surface area contributed by atoms with Crippen LogP contribution in [0, 0.1) is 19.7 Å². The zero-order valence-electron chi connectivity index (χ0n) is 35.9. The third kappa shape index (κ3) is 11.9. The van der Waals surface area contributed by atoms with Crippen LogP contribution < -0.4 is 35.5 Å². The number of amides is 1. The molecule has 0 spiro atoms. The molecule has 13 heteroatoms. The van der Waals surface area contributed by atoms with Gasteiger partial charge in [0.25, 0.3) is 5.91 Å². The first-order valence-corrected chi connectivity index (χ1v) is 20.7. The number of benzene rings is 5. The van der Waals surface area contributed by atoms with E-state index in [2.05, 4.69) is 26.3 Å². The van der Waals surface area contributed by atoms with Gasteiger partial charge in [0.15, 0.2) is 6.61 Å². The molecule has 0 fully saturated rings. The third-order valence-electron chi connectivity index (χ3n) is 10.5. The van der Waals surface area contributed by atoms with Crippen LogP contribution in [0.25, 0.3) is 0 Å². The standard InChI is InChI=1S/C50H51FN8O4/c1-32-9-13-36(14-10-32)46(37-15-11-33(2)12-16-37)55-45(60)31-63-41-23-19-38(20-24-41)47(43-26-25-42(61-4)30-44(43)62-5)56-50-58-48(53-29-27-40-8-6-7-28-52-40)57-49(59-50)54-34(3)35-17-21-39(51)22-18-35/h6-26,28,30,34,46-47H,27,29,31H2,1-5H3,(H,55,60)(H3,53,54,56,57,58,59)/t34-,47?/m0/s1. The number of pyridine rings is 1. The molecule has 7 rings (SSSR count). The fourth-order valence-corrected chi connectivity index (χ4v) is 6.97. The van der Waals surface area contributed by atoms with Crippen molar-refractivity contribution in [2.45, 2.75) is 45.3 Å². The summed E-state index contributed by atoms with van der Waals surface area (Å²) in [7, 11) is 3.20. The maximum Gasteiger partial charge on any atom is 0.258 e. The molecule has 7 aromatic rings. The number of nitrogens with zero attached hydrogens (tertiary/aromatic N) is 4. The van der Waals surface area contributed by atoms with Crippen LogP contribution in [0.5, 0.6) is 17.2 Å². The third-order valence-corrected chi connectivity index (χ3v) is 10.5. The Kier molecular flexibility index (Phi) is 14.4. The first-order chi connectivity index (χ1) is 30.6. The predicted molar refractivity (Wildman–Crippen MR) is 244 cm³/mol. The van der Waals surface area contributed by atoms with Crippen molar-refractivity contribution in [3.63, 3.8) is 0 Å². The van der Waals surface area contributed by atoms with Crippen LogP contribution in [0.3, 0.4) is 0 Å². The van der Waals surface area contributed by atoms with Crippen LogP contribution in [0.2, 0.25) is 0 Å². The number of aromatic nitrogens is 4. The number of methoxy groups -OCH3 is 2. The molecule has 1 unspecified atom stereocenters. The maximum atomic E-state index is 13.8. The van der Waals surface area contributed by atoms with Gasteiger partial charge in [0.05, 0.1) is 32.3 Å². The average molecular weight is 847 g/mol. The van der Waals surface area contributed by atoms with Gasteiger partial charge in [-0.05, 0) is 91.6 Å². The SMILES string of the molecule is COc1ccc(C(Nc2nc(NCCc3ccccn3)nc(N[C@@H](C)c3ccc(F)cc3)n2)c2ccc(OCC(=O)NC(c3ccc(C)cc3)c3ccc(C)cc3)cc2)c(OC)c1. The number of carbonyl (C=O) groups excluding carboxylic acids is 1. The number of aryl methyl sites for hydroxylation is 2. The van der Waals surface area contributed by atoms with Crippen molar-refractivity contribution in [1.29, 1.82) is 0 Å². The van der Waals surface area contributed by atoms with Crippen LogP contribution >= 0.6 is 0 Å². The van der Waals surface area contributed by atoms with Crippen molar-refractivity contribution in [2.75, 3.05) is 43.3 Å². The molecule has 0 saturated carbocycles. The van der Waals surface area contributed by atoms with E-state index in [1.165, 1.54) is 12.1 Å². The van der Waals surface area contributed by atoms with Gasteiger partial charge < -0.3 is 35.5 Å². The second kappa shape index (κ2) is 20.8. The summed E-state index contributed by atoms with van der Waals surface area (Å²) in [6.07, 6.45) is 2.41. The fourth-order valence-electron chi connectivity index (χ4n) is 6.97. The van der Waals surface area contributed by atoms with E-state index in [0.717, 1.165) is 44.6 Å². The Balaban J connectivity index is 1.13. The van der Waals surface area contributed by atoms with Crippen molar-refractivity contribution < 1.29 is 23.4 Å². The predicted octanol–water partition coefficient (Wildman–Crippen LogP) is 9.35. The van der Waals surface area contributed by atoms with Crippen LogP contribution in [-0.4, -0.2) is 53.2 Å². The van der Waals surface area contributed by atoms with Crippen molar-refractivity contribution in [2.24, 2.45) is 0 Å². The van der Waals surface area contributed by atoms with Gasteiger partial charge in [-0.25, -0.2) is 4.39 Å². The number of anilines is 3. The van der Waals surface area contributed by atoms with E-state index in [1.54, 1.807) is 32.5 Å². The number of carbonyl (C=O) groups is 1. The van der Waals surface area contributed by atoms with E-state index in [-0.39, 0.29) is 36.4 Å². The molecule has 63 heavy (non-hydrogen) atoms. The summed E-state index contributed by atoms with van der Waals surface area (Å²) in [6.45, 7) is 6.35. The molecular formula is C50H51FN8O4. The highest BCUT2D eigenvalue weighted by molar-refractivity contribution is 5.78. The summed E-state index contributed by atoms with van der Waals surface area (Å²) < 4.78 is 31.2. The Morgan fingerprint density at radius 1 is 0.651 bits per heavy atom. The average Bonchev–Trinajstić information content (AvgIpc) is 3.30. The zero-order valence-corrected chi connectivity index (χ0v) is 35.9. The lowest BCUT2D eigenvalue weighted by atomic mass is 9.97. The van der Waals surface area contributed by atoms with Gasteiger partial charge in [0.2, 0.25) is 17.8 Å². The number of ether oxygens (including phenoxy) is 3. The quantitative estimate of drug-likeness (QED) is 0.0618. The van der Waals surface area contributed by atoms with Gasteiger partial charge in [-0.2, -0.15) is 15.0 Å². The summed E-state index contributed by atoms with van der Waals surface area (Å²) in [5, 5.41) is 13.4. The molecule has 0 saturated heterocycles. The first kappa shape index (κ1) is 43.5. The van der Waals surface area contributed by atoms with Crippen LogP contribution in [0.15, 0.2) is 140 Å². The second-order valence-electron chi connectivity index (χ2n) is 15.1. The normalized spacial score (nSPS) is 11.9. The maximum absolute atomic E-state index is 13.8. The lowest BCUT2D eigenvalue weighted by Crippen LogP contribution is -2.33. The molecule has 12 nitrogen and oxygen atoms in total. The molecular weight excluding hydrogens is 796 g/mol. The molecule has 0 bridgehead atoms. The summed E-state index contributed by atoms with van der Waals surface area (Å²) in [5.74, 6) is 2.06. The molecule has 4 N–H and O–H groups in total. The van der Waals surface area contributed by atoms with E-state index in [4.69, 9.17) is 29.2 Å². The summed E-state index contributed by atoms with van der Waals surface area (Å²) in [4.78, 5) is 32.1. The largest absolute Gasteiger partial charge is 0.497 e. The molecule has 5 aromatic carbocycles. The van der Waals surface area contributed by atoms with E-state index >= 15 is 0 Å². The number of hydrogen-bond acceptors (Lipinski definition) is 11. The Morgan fingerprint density at radius 2 is 1.24 bits per heavy atom. The van der Waals surface area contributed by atoms with Gasteiger partial charge in [-0.15, -0.1) is 0 Å². The van der Waals surface area contributed by atoms with Crippen LogP contribution in [0.1, 0.15) is 69.7 Å². The minimum Gasteiger partial charge on any atom is -0.497 e. The minimum atomic E-state index is -0.542. The lowest BCUT2D eigenvalue weighted by Gasteiger charge is -2.23. The van der Waals surface area contributed by atoms with Crippen molar-refractivity contribution in [3.05, 3.63) is 190 Å². The summed E-state index contributed by atoms with van der Waals surface area (Å²) in [5.41, 5.74) is 7.62. The van der Waals surface area contributed by atoms with E-state index < -0.39 is 6.04 Å². The molecule has 322 valence electrons. The summed E-state index contributed by atoms with van der Waals surface area (Å²) >= 11 is 0. The van der Waals surface area contributed by atoms with Gasteiger partial charge in [-0.3, -0.25) is 9.78 Å². The Hall–Kier alpha value is -7.54. The number of nitrogens with one attached hydrogen (secondary N) is 4. The van der Waals surface area contributed by atoms with Crippen molar-refractivity contribution in [1.82, 2.24) is 25.3 Å². The van der Waals surface area contributed by atoms with Crippen LogP contribution in [-0.2, 0) is 11.2 Å². The van der Waals surface area contributed by atoms with Crippen molar-refractivity contribution in [3.8, 4) is 17.2 Å². The smallest absolute Gasteiger partial charge is 0.258 e. The molecule has 2 atom stereocenters. The number of hydrogen-bond donors (Lipinski definition) is 4. The molecule has 0 aliphatic carbocycles. The Labute approximate surface area is 367 Å². The molecule has 0 aliphatic rings. The lowest BCUT2D eigenvalue weighted by molar-refractivity contribution is -0.123. The number of halogens is 1. The van der Waals surface area contributed by atoms with Crippen LogP contribution in [0.4, 0.5) is 22.2 Å². The van der Waals surface area contributed by atoms with E-state index in [0.29, 0.717) is 42.1 Å². The molecule has 0 aliphatic heterocycles. The highest BCUT2D eigenvalue weighted by Crippen LogP contribution is 2.36. The molecule has 1 amide bonds. The van der Waals surface area contributed by atoms with Gasteiger partial charge in [0.1, 0.15) is 23.1 Å². The highest BCUT2D eigenvalue weighted by atomic mass is 19.1. The minimum absolute atomic E-state index is 0.186. The number of rotatable bonds is 19. The summed E-state index contributed by atoms with van der Waals surface area (Å²) in [6, 6.07) is 40.3. The molecule has 2 aromatic heterocycles. The van der Waals surface area contributed by atoms with E-state index in [9.17, 15) is 9.18 Å². The second-order valence-corrected chi connectivity index (χ2v) is 15.1. The molecule has 0 radical (unpaired) electrons. The highest BCUT2D eigenvalue weighted by Gasteiger charge is 2.23. The van der Waals surface area contributed by atoms with Gasteiger partial charge in [0, 0.05) is 36.5 Å². The molecule has 2 heterocycles. The van der Waals surface area contributed by atoms with E-state index in [1.807, 2.05) is 130 Å².